The molecule has 8 nitrogen and oxygen atoms in total. The number of carboxylic acids is 1. The lowest BCUT2D eigenvalue weighted by atomic mass is 10.1. The zero-order chi connectivity index (χ0) is 25.4. The van der Waals surface area contributed by atoms with Crippen LogP contribution < -0.4 is 5.32 Å². The molecule has 2 aromatic rings. The minimum atomic E-state index is -3.94. The maximum Gasteiger partial charge on any atom is 0.303 e. The molecule has 9 heteroatoms. The molecule has 2 rings (SSSR count). The van der Waals surface area contributed by atoms with Crippen molar-refractivity contribution in [2.75, 3.05) is 11.1 Å². The van der Waals surface area contributed by atoms with Gasteiger partial charge in [0, 0.05) is 12.1 Å². The van der Waals surface area contributed by atoms with Crippen LogP contribution in [0.3, 0.4) is 0 Å². The predicted octanol–water partition coefficient (Wildman–Crippen LogP) is 4.29. The number of aliphatic hydroxyl groups is 1. The first-order chi connectivity index (χ1) is 15.9. The van der Waals surface area contributed by atoms with Gasteiger partial charge in [-0.1, -0.05) is 31.0 Å². The molecule has 2 aromatic carbocycles. The molecule has 0 radical (unpaired) electrons. The fraction of sp³-hybridized carbons (Fsp3) is 0.400. The van der Waals surface area contributed by atoms with Crippen LogP contribution in [0.5, 0.6) is 0 Å². The Morgan fingerprint density at radius 1 is 1.06 bits per heavy atom. The van der Waals surface area contributed by atoms with E-state index in [1.54, 1.807) is 31.2 Å². The van der Waals surface area contributed by atoms with E-state index in [2.05, 4.69) is 10.2 Å². The van der Waals surface area contributed by atoms with Crippen LogP contribution in [0.15, 0.2) is 47.4 Å². The molecule has 0 aromatic heterocycles. The summed E-state index contributed by atoms with van der Waals surface area (Å²) >= 11 is 0. The van der Waals surface area contributed by atoms with Crippen molar-refractivity contribution in [2.24, 2.45) is 0 Å². The lowest BCUT2D eigenvalue weighted by Gasteiger charge is -2.22. The van der Waals surface area contributed by atoms with Gasteiger partial charge < -0.3 is 15.5 Å². The Kier molecular flexibility index (Phi) is 9.36. The van der Waals surface area contributed by atoms with Gasteiger partial charge in [-0.25, -0.2) is 13.3 Å². The van der Waals surface area contributed by atoms with Crippen LogP contribution in [-0.2, 0) is 25.8 Å². The van der Waals surface area contributed by atoms with Crippen molar-refractivity contribution in [2.45, 2.75) is 62.9 Å². The quantitative estimate of drug-likeness (QED) is 0.304. The number of rotatable bonds is 12. The first kappa shape index (κ1) is 27.0. The van der Waals surface area contributed by atoms with E-state index in [1.165, 1.54) is 18.2 Å². The number of carbonyl (C=O) groups excluding carboxylic acids is 1. The van der Waals surface area contributed by atoms with E-state index in [9.17, 15) is 23.1 Å². The van der Waals surface area contributed by atoms with Gasteiger partial charge in [-0.3, -0.25) is 9.59 Å². The third-order valence-corrected chi connectivity index (χ3v) is 7.36. The number of sulfone groups is 1. The molecule has 0 aliphatic heterocycles. The first-order valence-corrected chi connectivity index (χ1v) is 12.7. The zero-order valence-corrected chi connectivity index (χ0v) is 20.2. The van der Waals surface area contributed by atoms with Gasteiger partial charge >= 0.3 is 5.97 Å². The van der Waals surface area contributed by atoms with E-state index in [0.717, 1.165) is 38.2 Å². The van der Waals surface area contributed by atoms with Crippen molar-refractivity contribution >= 4 is 33.1 Å². The number of carbonyl (C=O) groups is 2. The number of anilines is 1. The van der Waals surface area contributed by atoms with Crippen molar-refractivity contribution in [1.29, 1.82) is 0 Å². The molecule has 1 atom stereocenters. The monoisotopic (exact) mass is 486 g/mol. The molecular weight excluding hydrogens is 456 g/mol. The van der Waals surface area contributed by atoms with Crippen LogP contribution in [-0.4, -0.2) is 41.9 Å². The largest absolute Gasteiger partial charge is 0.481 e. The second-order valence-electron chi connectivity index (χ2n) is 8.55. The van der Waals surface area contributed by atoms with Crippen LogP contribution in [0.1, 0.15) is 50.2 Å². The number of benzene rings is 2. The van der Waals surface area contributed by atoms with Crippen LogP contribution in [0.2, 0.25) is 0 Å². The van der Waals surface area contributed by atoms with E-state index >= 15 is 0 Å². The predicted molar refractivity (Wildman–Crippen MR) is 130 cm³/mol. The second kappa shape index (κ2) is 11.8. The van der Waals surface area contributed by atoms with Crippen molar-refractivity contribution in [3.63, 3.8) is 0 Å². The number of hydrogen-bond donors (Lipinski definition) is 3. The average molecular weight is 487 g/mol. The Morgan fingerprint density at radius 3 is 2.29 bits per heavy atom. The van der Waals surface area contributed by atoms with Crippen LogP contribution in [0, 0.1) is 13.5 Å². The summed E-state index contributed by atoms with van der Waals surface area (Å²) < 4.78 is 25.6. The molecular formula is C25H30N2O6S. The Morgan fingerprint density at radius 2 is 1.71 bits per heavy atom. The fourth-order valence-electron chi connectivity index (χ4n) is 3.47. The van der Waals surface area contributed by atoms with E-state index < -0.39 is 33.1 Å². The average Bonchev–Trinajstić information content (AvgIpc) is 2.75. The molecule has 0 unspecified atom stereocenters. The summed E-state index contributed by atoms with van der Waals surface area (Å²) in [6.07, 6.45) is 4.16. The summed E-state index contributed by atoms with van der Waals surface area (Å²) in [5.74, 6) is -2.43. The van der Waals surface area contributed by atoms with Gasteiger partial charge in [0.1, 0.15) is 0 Å². The van der Waals surface area contributed by atoms with Crippen molar-refractivity contribution < 1.29 is 28.2 Å². The number of unbranched alkanes of at least 4 members (excludes halogenated alkanes) is 3. The summed E-state index contributed by atoms with van der Waals surface area (Å²) in [6, 6.07) is 11.0. The van der Waals surface area contributed by atoms with Crippen molar-refractivity contribution in [3.05, 3.63) is 65.0 Å². The summed E-state index contributed by atoms with van der Waals surface area (Å²) in [6.45, 7) is 9.94. The highest BCUT2D eigenvalue weighted by Gasteiger charge is 2.36. The van der Waals surface area contributed by atoms with Crippen LogP contribution >= 0.6 is 0 Å². The van der Waals surface area contributed by atoms with E-state index in [1.807, 2.05) is 0 Å². The molecule has 0 fully saturated rings. The summed E-state index contributed by atoms with van der Waals surface area (Å²) in [7, 11) is -3.94. The summed E-state index contributed by atoms with van der Waals surface area (Å²) in [5.41, 5.74) is 0.244. The Balaban J connectivity index is 1.95. The number of aryl methyl sites for hydroxylation is 2. The van der Waals surface area contributed by atoms with Gasteiger partial charge in [-0.05, 0) is 68.5 Å². The smallest absolute Gasteiger partial charge is 0.303 e. The molecule has 0 spiro atoms. The standard InChI is InChI=1S/C25H30N2O6S/c1-18-16-20(12-15-22(18)26-3)27-24(30)25(2,31)17-34(32,33)21-13-10-19(11-14-21)8-6-4-5-7-9-23(28)29/h10-16,31H,4-9,17H2,1-2H3,(H,27,30)(H,28,29)/t25-/m1/s1. The van der Waals surface area contributed by atoms with Gasteiger partial charge in [0.15, 0.2) is 21.1 Å². The third kappa shape index (κ3) is 7.97. The maximum atomic E-state index is 12.8. The minimum Gasteiger partial charge on any atom is -0.481 e. The second-order valence-corrected chi connectivity index (χ2v) is 10.5. The van der Waals surface area contributed by atoms with Gasteiger partial charge in [0.05, 0.1) is 17.2 Å². The SMILES string of the molecule is [C-]#[N+]c1ccc(NC(=O)[C@](C)(O)CS(=O)(=O)c2ccc(CCCCCCC(=O)O)cc2)cc1C. The summed E-state index contributed by atoms with van der Waals surface area (Å²) in [4.78, 5) is 26.5. The lowest BCUT2D eigenvalue weighted by Crippen LogP contribution is -2.45. The number of nitrogens with one attached hydrogen (secondary N) is 1. The molecule has 0 bridgehead atoms. The molecule has 0 heterocycles. The highest BCUT2D eigenvalue weighted by Crippen LogP contribution is 2.24. The van der Waals surface area contributed by atoms with Gasteiger partial charge in [0.2, 0.25) is 0 Å². The van der Waals surface area contributed by atoms with Crippen LogP contribution in [0.25, 0.3) is 4.85 Å². The number of nitrogens with zero attached hydrogens (tertiary/aromatic N) is 1. The van der Waals surface area contributed by atoms with Crippen LogP contribution in [0.4, 0.5) is 11.4 Å². The fourth-order valence-corrected chi connectivity index (χ4v) is 5.05. The van der Waals surface area contributed by atoms with E-state index in [4.69, 9.17) is 11.7 Å². The van der Waals surface area contributed by atoms with Gasteiger partial charge in [0.25, 0.3) is 5.91 Å². The normalized spacial score (nSPS) is 13.0. The lowest BCUT2D eigenvalue weighted by molar-refractivity contribution is -0.137. The number of aliphatic carboxylic acids is 1. The molecule has 0 aliphatic rings. The number of hydrogen-bond acceptors (Lipinski definition) is 5. The zero-order valence-electron chi connectivity index (χ0n) is 19.4. The number of amides is 1. The van der Waals surface area contributed by atoms with Crippen molar-refractivity contribution in [3.8, 4) is 0 Å². The Bertz CT molecular complexity index is 1160. The highest BCUT2D eigenvalue weighted by molar-refractivity contribution is 7.91. The molecule has 0 saturated carbocycles. The Hall–Kier alpha value is -3.22. The van der Waals surface area contributed by atoms with E-state index in [0.29, 0.717) is 23.4 Å². The maximum absolute atomic E-state index is 12.8. The van der Waals surface area contributed by atoms with Gasteiger partial charge in [-0.15, -0.1) is 0 Å². The highest BCUT2D eigenvalue weighted by atomic mass is 32.2. The van der Waals surface area contributed by atoms with Crippen molar-refractivity contribution in [1.82, 2.24) is 0 Å². The van der Waals surface area contributed by atoms with Gasteiger partial charge in [-0.2, -0.15) is 0 Å². The topological polar surface area (TPSA) is 125 Å². The first-order valence-electron chi connectivity index (χ1n) is 11.0. The minimum absolute atomic E-state index is 0.0167. The molecule has 0 saturated heterocycles. The van der Waals surface area contributed by atoms with E-state index in [-0.39, 0.29) is 11.3 Å². The molecule has 3 N–H and O–H groups in total. The molecule has 1 amide bonds. The molecule has 34 heavy (non-hydrogen) atoms. The third-order valence-electron chi connectivity index (χ3n) is 5.42. The molecule has 0 aliphatic carbocycles. The number of carboxylic acid groups (broad SMARTS) is 1. The molecule has 182 valence electrons. The Labute approximate surface area is 200 Å². The summed E-state index contributed by atoms with van der Waals surface area (Å²) in [5, 5.41) is 21.8.